The first-order chi connectivity index (χ1) is 20.3. The number of ether oxygens (including phenoxy) is 2. The Bertz CT molecular complexity index is 1760. The molecule has 1 aromatic heterocycles. The van der Waals surface area contributed by atoms with E-state index >= 15 is 0 Å². The van der Waals surface area contributed by atoms with Gasteiger partial charge in [-0.2, -0.15) is 0 Å². The lowest BCUT2D eigenvalue weighted by Crippen LogP contribution is -2.33. The minimum atomic E-state index is -0.823. The van der Waals surface area contributed by atoms with Crippen LogP contribution < -0.4 is 24.6 Å². The summed E-state index contributed by atoms with van der Waals surface area (Å²) in [5, 5.41) is 2.96. The lowest BCUT2D eigenvalue weighted by molar-refractivity contribution is -0.122. The summed E-state index contributed by atoms with van der Waals surface area (Å²) in [5.74, 6) is -1.64. The van der Waals surface area contributed by atoms with Gasteiger partial charge in [0.1, 0.15) is 11.8 Å². The van der Waals surface area contributed by atoms with Crippen molar-refractivity contribution < 1.29 is 23.9 Å². The molecule has 42 heavy (non-hydrogen) atoms. The first kappa shape index (κ1) is 28.1. The molecule has 2 unspecified atom stereocenters. The number of rotatable bonds is 7. The number of hydrogen-bond donors (Lipinski definition) is 1. The van der Waals surface area contributed by atoms with E-state index in [1.807, 2.05) is 12.1 Å². The number of thiazole rings is 1. The molecule has 0 radical (unpaired) electrons. The van der Waals surface area contributed by atoms with Gasteiger partial charge in [0.05, 0.1) is 30.9 Å². The third-order valence-corrected chi connectivity index (χ3v) is 10.1. The highest BCUT2D eigenvalue weighted by atomic mass is 35.5. The Morgan fingerprint density at radius 1 is 0.929 bits per heavy atom. The van der Waals surface area contributed by atoms with Crippen LogP contribution in [0.5, 0.6) is 11.5 Å². The summed E-state index contributed by atoms with van der Waals surface area (Å²) in [5.41, 5.74) is 1.70. The van der Waals surface area contributed by atoms with Crippen molar-refractivity contribution in [3.05, 3.63) is 97.9 Å². The van der Waals surface area contributed by atoms with Crippen LogP contribution in [-0.4, -0.2) is 41.8 Å². The fourth-order valence-electron chi connectivity index (χ4n) is 5.37. The van der Waals surface area contributed by atoms with Crippen molar-refractivity contribution in [2.45, 2.75) is 22.7 Å². The average Bonchev–Trinajstić information content (AvgIpc) is 3.44. The number of nitrogens with zero attached hydrogens (tertiary/aromatic N) is 2. The fraction of sp³-hybridized carbons (Fsp3) is 0.200. The van der Waals surface area contributed by atoms with E-state index in [1.54, 1.807) is 60.7 Å². The summed E-state index contributed by atoms with van der Waals surface area (Å²) in [6.07, 6.45) is 0. The number of nitrogens with one attached hydrogen (secondary N) is 1. The van der Waals surface area contributed by atoms with Gasteiger partial charge in [0.15, 0.2) is 11.5 Å². The third-order valence-electron chi connectivity index (χ3n) is 7.26. The molecule has 1 fully saturated rings. The molecule has 3 heterocycles. The molecule has 3 atom stereocenters. The highest BCUT2D eigenvalue weighted by Crippen LogP contribution is 2.54. The summed E-state index contributed by atoms with van der Waals surface area (Å²) in [7, 11) is 3.04. The van der Waals surface area contributed by atoms with Crippen LogP contribution in [0, 0.1) is 5.92 Å². The number of carbonyl (C=O) groups is 3. The maximum Gasteiger partial charge on any atom is 0.308 e. The van der Waals surface area contributed by atoms with Gasteiger partial charge in [-0.15, -0.1) is 0 Å². The van der Waals surface area contributed by atoms with Gasteiger partial charge in [-0.1, -0.05) is 59.0 Å². The molecular weight excluding hydrogens is 598 g/mol. The van der Waals surface area contributed by atoms with E-state index in [-0.39, 0.29) is 23.2 Å². The molecule has 214 valence electrons. The normalized spacial score (nSPS) is 19.3. The molecule has 6 rings (SSSR count). The molecule has 1 N–H and O–H groups in total. The predicted octanol–water partition coefficient (Wildman–Crippen LogP) is 5.01. The standard InChI is InChI=1S/C30H24ClN3O6S2/c1-39-20-13-8-16(14-21(20)40-2)23-24-25(28(37)34(27(24)36)19-11-9-17(31)10-12-19)41-29-26(23)42-30(38)33(29)15-22(35)32-18-6-4-3-5-7-18/h3-14,23-25H,15H2,1-2H3,(H,32,35)/t23-,24?,25?/m0/s1. The number of benzene rings is 3. The number of methoxy groups -OCH3 is 2. The fourth-order valence-corrected chi connectivity index (χ4v) is 8.27. The van der Waals surface area contributed by atoms with E-state index in [0.717, 1.165) is 23.1 Å². The van der Waals surface area contributed by atoms with Gasteiger partial charge < -0.3 is 14.8 Å². The molecule has 2 aliphatic heterocycles. The Kier molecular flexibility index (Phi) is 7.56. The molecule has 0 spiro atoms. The minimum absolute atomic E-state index is 0.244. The molecule has 0 saturated carbocycles. The molecule has 4 aromatic rings. The van der Waals surface area contributed by atoms with Crippen LogP contribution in [-0.2, 0) is 20.9 Å². The van der Waals surface area contributed by atoms with Crippen molar-refractivity contribution in [2.75, 3.05) is 24.4 Å². The summed E-state index contributed by atoms with van der Waals surface area (Å²) in [6, 6.07) is 20.8. The second-order valence-electron chi connectivity index (χ2n) is 9.68. The first-order valence-electron chi connectivity index (χ1n) is 12.9. The SMILES string of the molecule is COc1ccc([C@@H]2c3sc(=O)n(CC(=O)Nc4ccccc4)c3SC3C(=O)N(c4ccc(Cl)cc4)C(=O)C32)cc1OC. The van der Waals surface area contributed by atoms with Crippen LogP contribution in [0.15, 0.2) is 82.6 Å². The molecule has 1 saturated heterocycles. The minimum Gasteiger partial charge on any atom is -0.493 e. The van der Waals surface area contributed by atoms with Crippen LogP contribution in [0.4, 0.5) is 11.4 Å². The molecule has 12 heteroatoms. The van der Waals surface area contributed by atoms with E-state index in [9.17, 15) is 19.2 Å². The van der Waals surface area contributed by atoms with Crippen LogP contribution in [0.3, 0.4) is 0 Å². The monoisotopic (exact) mass is 621 g/mol. The van der Waals surface area contributed by atoms with Gasteiger partial charge in [0.2, 0.25) is 17.7 Å². The number of thioether (sulfide) groups is 1. The first-order valence-corrected chi connectivity index (χ1v) is 15.0. The maximum absolute atomic E-state index is 14.0. The molecule has 2 aliphatic rings. The Labute approximate surface area is 254 Å². The number of hydrogen-bond acceptors (Lipinski definition) is 8. The van der Waals surface area contributed by atoms with Gasteiger partial charge in [-0.3, -0.25) is 23.7 Å². The number of amides is 3. The molecule has 0 aliphatic carbocycles. The second kappa shape index (κ2) is 11.3. The van der Waals surface area contributed by atoms with Gasteiger partial charge in [0, 0.05) is 21.5 Å². The number of para-hydroxylation sites is 1. The third kappa shape index (κ3) is 4.87. The zero-order valence-corrected chi connectivity index (χ0v) is 24.8. The van der Waals surface area contributed by atoms with E-state index in [1.165, 1.54) is 23.7 Å². The van der Waals surface area contributed by atoms with Gasteiger partial charge in [-0.05, 0) is 54.1 Å². The number of carbonyl (C=O) groups excluding carboxylic acids is 3. The maximum atomic E-state index is 14.0. The highest BCUT2D eigenvalue weighted by Gasteiger charge is 2.57. The molecule has 9 nitrogen and oxygen atoms in total. The lowest BCUT2D eigenvalue weighted by Gasteiger charge is -2.31. The van der Waals surface area contributed by atoms with Crippen molar-refractivity contribution in [1.29, 1.82) is 0 Å². The van der Waals surface area contributed by atoms with Crippen molar-refractivity contribution in [1.82, 2.24) is 4.57 Å². The quantitative estimate of drug-likeness (QED) is 0.289. The van der Waals surface area contributed by atoms with Gasteiger partial charge >= 0.3 is 4.87 Å². The second-order valence-corrected chi connectivity index (χ2v) is 12.2. The molecule has 3 amide bonds. The zero-order chi connectivity index (χ0) is 29.5. The Balaban J connectivity index is 1.45. The van der Waals surface area contributed by atoms with Crippen LogP contribution in [0.1, 0.15) is 16.4 Å². The smallest absolute Gasteiger partial charge is 0.308 e. The van der Waals surface area contributed by atoms with Crippen molar-refractivity contribution in [2.24, 2.45) is 5.92 Å². The zero-order valence-electron chi connectivity index (χ0n) is 22.4. The van der Waals surface area contributed by atoms with Gasteiger partial charge in [0.25, 0.3) is 0 Å². The lowest BCUT2D eigenvalue weighted by atomic mass is 9.83. The summed E-state index contributed by atoms with van der Waals surface area (Å²) in [6.45, 7) is -0.244. The van der Waals surface area contributed by atoms with Crippen LogP contribution >= 0.6 is 34.7 Å². The number of halogens is 1. The molecule has 3 aromatic carbocycles. The number of fused-ring (bicyclic) bond motifs is 2. The van der Waals surface area contributed by atoms with E-state index in [4.69, 9.17) is 21.1 Å². The van der Waals surface area contributed by atoms with Gasteiger partial charge in [-0.25, -0.2) is 4.90 Å². The van der Waals surface area contributed by atoms with E-state index < -0.39 is 23.0 Å². The van der Waals surface area contributed by atoms with Crippen LogP contribution in [0.2, 0.25) is 5.02 Å². The number of aromatic nitrogens is 1. The van der Waals surface area contributed by atoms with Crippen LogP contribution in [0.25, 0.3) is 0 Å². The summed E-state index contributed by atoms with van der Waals surface area (Å²) < 4.78 is 12.3. The van der Waals surface area contributed by atoms with E-state index in [2.05, 4.69) is 5.32 Å². The Hall–Kier alpha value is -4.06. The molecule has 0 bridgehead atoms. The average molecular weight is 622 g/mol. The van der Waals surface area contributed by atoms with E-state index in [0.29, 0.717) is 43.4 Å². The molecular formula is C30H24ClN3O6S2. The van der Waals surface area contributed by atoms with Crippen molar-refractivity contribution in [3.8, 4) is 11.5 Å². The summed E-state index contributed by atoms with van der Waals surface area (Å²) >= 11 is 8.19. The Morgan fingerprint density at radius 3 is 2.33 bits per heavy atom. The summed E-state index contributed by atoms with van der Waals surface area (Å²) in [4.78, 5) is 55.7. The topological polar surface area (TPSA) is 107 Å². The Morgan fingerprint density at radius 2 is 1.64 bits per heavy atom. The number of imide groups is 1. The highest BCUT2D eigenvalue weighted by molar-refractivity contribution is 8.00. The van der Waals surface area contributed by atoms with Crippen molar-refractivity contribution in [3.63, 3.8) is 0 Å². The van der Waals surface area contributed by atoms with Crippen molar-refractivity contribution >= 4 is 63.8 Å². The largest absolute Gasteiger partial charge is 0.493 e. The number of anilines is 2. The predicted molar refractivity (Wildman–Crippen MR) is 162 cm³/mol.